The maximum absolute atomic E-state index is 13.1. The lowest BCUT2D eigenvalue weighted by Gasteiger charge is -2.55. The van der Waals surface area contributed by atoms with Gasteiger partial charge in [-0.05, 0) is 69.1 Å². The Kier molecular flexibility index (Phi) is 6.07. The second-order valence-electron chi connectivity index (χ2n) is 12.1. The van der Waals surface area contributed by atoms with Crippen molar-refractivity contribution < 1.29 is 36.0 Å². The topological polar surface area (TPSA) is 146 Å². The highest BCUT2D eigenvalue weighted by atomic mass is 32.3. The molecule has 2 N–H and O–H groups in total. The molecule has 4 saturated carbocycles. The van der Waals surface area contributed by atoms with Crippen molar-refractivity contribution in [3.05, 3.63) is 0 Å². The van der Waals surface area contributed by atoms with Crippen LogP contribution in [0.1, 0.15) is 65.2 Å². The number of carbonyl (C=O) groups excluding carboxylic acids is 3. The van der Waals surface area contributed by atoms with Gasteiger partial charge in [0.05, 0.1) is 24.7 Å². The quantitative estimate of drug-likeness (QED) is 0.459. The largest absolute Gasteiger partial charge is 0.465 e. The molecule has 11 nitrogen and oxygen atoms in total. The van der Waals surface area contributed by atoms with E-state index in [0.717, 1.165) is 24.3 Å². The molecule has 6 aliphatic rings. The summed E-state index contributed by atoms with van der Waals surface area (Å²) in [4.78, 5) is 38.5. The first kappa shape index (κ1) is 24.8. The third-order valence-corrected chi connectivity index (χ3v) is 9.23. The summed E-state index contributed by atoms with van der Waals surface area (Å²) in [7, 11) is -4.56. The number of nitrogens with zero attached hydrogens (tertiary/aromatic N) is 2. The lowest BCUT2D eigenvalue weighted by molar-refractivity contribution is -0.175. The summed E-state index contributed by atoms with van der Waals surface area (Å²) in [6, 6.07) is -2.02. The van der Waals surface area contributed by atoms with Crippen molar-refractivity contribution in [2.45, 2.75) is 77.3 Å². The van der Waals surface area contributed by atoms with Crippen LogP contribution in [0.2, 0.25) is 0 Å². The molecule has 2 aliphatic heterocycles. The van der Waals surface area contributed by atoms with Gasteiger partial charge in [-0.2, -0.15) is 13.5 Å². The Morgan fingerprint density at radius 2 is 1.66 bits per heavy atom. The highest BCUT2D eigenvalue weighted by Gasteiger charge is 2.55. The zero-order valence-corrected chi connectivity index (χ0v) is 21.1. The number of rotatable bonds is 9. The van der Waals surface area contributed by atoms with Crippen LogP contribution in [-0.2, 0) is 33.2 Å². The first-order valence-electron chi connectivity index (χ1n) is 12.5. The molecule has 3 amide bonds. The van der Waals surface area contributed by atoms with E-state index < -0.39 is 39.8 Å². The summed E-state index contributed by atoms with van der Waals surface area (Å²) in [5.41, 5.74) is 4.17. The molecule has 35 heavy (non-hydrogen) atoms. The minimum atomic E-state index is -4.56. The number of amides is 3. The summed E-state index contributed by atoms with van der Waals surface area (Å²) < 4.78 is 40.8. The van der Waals surface area contributed by atoms with E-state index in [4.69, 9.17) is 18.9 Å². The molecule has 0 aromatic carbocycles. The molecule has 0 unspecified atom stereocenters. The average Bonchev–Trinajstić information content (AvgIpc) is 2.99. The Labute approximate surface area is 205 Å². The van der Waals surface area contributed by atoms with E-state index in [1.807, 2.05) is 0 Å². The summed E-state index contributed by atoms with van der Waals surface area (Å²) in [5, 5.41) is 0.748. The number of esters is 1. The van der Waals surface area contributed by atoms with Gasteiger partial charge in [-0.3, -0.25) is 9.59 Å². The molecular formula is C23H35N3O8S. The molecule has 4 aliphatic carbocycles. The van der Waals surface area contributed by atoms with Gasteiger partial charge >= 0.3 is 22.4 Å². The van der Waals surface area contributed by atoms with Crippen molar-refractivity contribution in [1.29, 1.82) is 0 Å². The average molecular weight is 514 g/mol. The molecule has 6 fully saturated rings. The molecule has 0 aromatic rings. The molecule has 12 heteroatoms. The maximum Gasteiger partial charge on any atom is 0.421 e. The fraction of sp³-hybridized carbons (Fsp3) is 0.870. The number of piperidine rings is 1. The molecule has 0 spiro atoms. The van der Waals surface area contributed by atoms with E-state index in [1.54, 1.807) is 13.8 Å². The van der Waals surface area contributed by atoms with Crippen LogP contribution in [-0.4, -0.2) is 68.1 Å². The van der Waals surface area contributed by atoms with Gasteiger partial charge in [-0.1, -0.05) is 13.8 Å². The van der Waals surface area contributed by atoms with Crippen molar-refractivity contribution in [2.24, 2.45) is 34.3 Å². The van der Waals surface area contributed by atoms with E-state index >= 15 is 0 Å². The number of urea groups is 1. The Balaban J connectivity index is 1.13. The van der Waals surface area contributed by atoms with Crippen LogP contribution in [0.4, 0.5) is 4.79 Å². The molecule has 6 bridgehead atoms. The van der Waals surface area contributed by atoms with Crippen LogP contribution >= 0.6 is 0 Å². The van der Waals surface area contributed by atoms with Crippen molar-refractivity contribution >= 4 is 28.3 Å². The Morgan fingerprint density at radius 1 is 1.06 bits per heavy atom. The number of hydrogen-bond acceptors (Lipinski definition) is 8. The predicted molar refractivity (Wildman–Crippen MR) is 121 cm³/mol. The zero-order chi connectivity index (χ0) is 25.2. The number of hydroxylamine groups is 2. The van der Waals surface area contributed by atoms with Gasteiger partial charge in [0, 0.05) is 12.0 Å². The summed E-state index contributed by atoms with van der Waals surface area (Å²) >= 11 is 0. The summed E-state index contributed by atoms with van der Waals surface area (Å²) in [5.74, 6) is 1.05. The minimum absolute atomic E-state index is 0.0163. The molecule has 2 heterocycles. The van der Waals surface area contributed by atoms with Gasteiger partial charge in [-0.15, -0.1) is 4.28 Å². The van der Waals surface area contributed by atoms with Gasteiger partial charge in [-0.25, -0.2) is 8.98 Å². The van der Waals surface area contributed by atoms with Crippen LogP contribution < -0.4 is 5.73 Å². The Hall–Kier alpha value is -1.92. The Morgan fingerprint density at radius 3 is 2.23 bits per heavy atom. The third-order valence-electron chi connectivity index (χ3n) is 8.48. The lowest BCUT2D eigenvalue weighted by Crippen LogP contribution is -2.51. The lowest BCUT2D eigenvalue weighted by atomic mass is 9.49. The van der Waals surface area contributed by atoms with Crippen LogP contribution in [0.3, 0.4) is 0 Å². The minimum Gasteiger partial charge on any atom is -0.465 e. The fourth-order valence-electron chi connectivity index (χ4n) is 7.19. The van der Waals surface area contributed by atoms with Crippen molar-refractivity contribution in [3.63, 3.8) is 0 Å². The molecule has 0 aromatic heterocycles. The summed E-state index contributed by atoms with van der Waals surface area (Å²) in [6.45, 7) is 3.37. The van der Waals surface area contributed by atoms with Gasteiger partial charge < -0.3 is 15.4 Å². The number of primary amides is 1. The maximum atomic E-state index is 13.1. The second-order valence-corrected chi connectivity index (χ2v) is 13.3. The number of carbonyl (C=O) groups is 3. The van der Waals surface area contributed by atoms with Crippen LogP contribution in [0, 0.1) is 28.6 Å². The van der Waals surface area contributed by atoms with E-state index in [1.165, 1.54) is 24.2 Å². The van der Waals surface area contributed by atoms with E-state index in [9.17, 15) is 22.8 Å². The van der Waals surface area contributed by atoms with Crippen molar-refractivity contribution in [2.75, 3.05) is 19.8 Å². The first-order chi connectivity index (χ1) is 16.4. The van der Waals surface area contributed by atoms with Crippen molar-refractivity contribution in [3.8, 4) is 0 Å². The highest BCUT2D eigenvalue weighted by Crippen LogP contribution is 2.60. The monoisotopic (exact) mass is 513 g/mol. The fourth-order valence-corrected chi connectivity index (χ4v) is 8.08. The number of fused-ring (bicyclic) bond motifs is 2. The van der Waals surface area contributed by atoms with Gasteiger partial charge in [0.25, 0.3) is 0 Å². The van der Waals surface area contributed by atoms with Gasteiger partial charge in [0.15, 0.2) is 0 Å². The predicted octanol–water partition coefficient (Wildman–Crippen LogP) is 1.72. The van der Waals surface area contributed by atoms with E-state index in [-0.39, 0.29) is 31.1 Å². The zero-order valence-electron chi connectivity index (χ0n) is 20.3. The normalized spacial score (nSPS) is 36.1. The molecule has 6 rings (SSSR count). The van der Waals surface area contributed by atoms with Crippen LogP contribution in [0.25, 0.3) is 0 Å². The third kappa shape index (κ3) is 4.76. The number of ether oxygens (including phenoxy) is 1. The molecule has 196 valence electrons. The number of nitrogens with two attached hydrogens (primary N) is 1. The van der Waals surface area contributed by atoms with Crippen molar-refractivity contribution in [1.82, 2.24) is 9.96 Å². The van der Waals surface area contributed by atoms with E-state index in [0.29, 0.717) is 30.6 Å². The molecule has 0 radical (unpaired) electrons. The first-order valence-corrected chi connectivity index (χ1v) is 13.9. The Bertz CT molecular complexity index is 977. The van der Waals surface area contributed by atoms with E-state index in [2.05, 4.69) is 0 Å². The molecule has 2 atom stereocenters. The van der Waals surface area contributed by atoms with Gasteiger partial charge in [0.1, 0.15) is 6.04 Å². The molecule has 2 saturated heterocycles. The van der Waals surface area contributed by atoms with Crippen LogP contribution in [0.5, 0.6) is 0 Å². The molecular weight excluding hydrogens is 478 g/mol. The number of hydrogen-bond donors (Lipinski definition) is 1. The SMILES string of the molecule is CC(C)(COC(=O)C12CC3CC(CC(C3)C1)C2)COS(=O)(=O)ON1C(=O)N2C[C@H]1CC[C@H]2C(N)=O. The van der Waals surface area contributed by atoms with Crippen LogP contribution in [0.15, 0.2) is 0 Å². The summed E-state index contributed by atoms with van der Waals surface area (Å²) in [6.07, 6.45) is 7.10. The van der Waals surface area contributed by atoms with Gasteiger partial charge in [0.2, 0.25) is 5.91 Å². The standard InChI is InChI=1S/C23H35N3O8S/c1-22(2,12-32-20(28)23-8-14-5-15(9-23)7-16(6-14)10-23)13-33-35(30,31)34-26-17-3-4-18(19(24)27)25(11-17)21(26)29/h14-18H,3-13H2,1-2H3,(H2,24,27)/t14?,15?,16?,17-,18+,23?/m1/s1. The smallest absolute Gasteiger partial charge is 0.421 e. The second kappa shape index (κ2) is 8.58. The highest BCUT2D eigenvalue weighted by molar-refractivity contribution is 7.81.